The van der Waals surface area contributed by atoms with E-state index in [2.05, 4.69) is 20.2 Å². The molecule has 92 valence electrons. The van der Waals surface area contributed by atoms with Gasteiger partial charge in [-0.2, -0.15) is 4.98 Å². The van der Waals surface area contributed by atoms with Gasteiger partial charge in [0.15, 0.2) is 0 Å². The summed E-state index contributed by atoms with van der Waals surface area (Å²) in [4.78, 5) is 11.2. The van der Waals surface area contributed by atoms with Crippen molar-refractivity contribution >= 4 is 11.8 Å². The number of anilines is 2. The Labute approximate surface area is 101 Å². The maximum Gasteiger partial charge on any atom is 0.227 e. The SMILES string of the molecule is c1cc(NC2COC2)nc(N2CCCCC2)n1. The summed E-state index contributed by atoms with van der Waals surface area (Å²) in [7, 11) is 0. The molecule has 0 spiro atoms. The number of rotatable bonds is 3. The highest BCUT2D eigenvalue weighted by atomic mass is 16.5. The molecule has 2 saturated heterocycles. The molecule has 1 N–H and O–H groups in total. The molecule has 0 unspecified atom stereocenters. The Hall–Kier alpha value is -1.36. The molecule has 0 atom stereocenters. The fourth-order valence-corrected chi connectivity index (χ4v) is 2.20. The van der Waals surface area contributed by atoms with Crippen molar-refractivity contribution in [2.75, 3.05) is 36.5 Å². The van der Waals surface area contributed by atoms with Crippen molar-refractivity contribution in [1.82, 2.24) is 9.97 Å². The van der Waals surface area contributed by atoms with E-state index in [-0.39, 0.29) is 0 Å². The minimum Gasteiger partial charge on any atom is -0.377 e. The molecule has 0 saturated carbocycles. The molecule has 1 aromatic rings. The lowest BCUT2D eigenvalue weighted by Crippen LogP contribution is -2.40. The van der Waals surface area contributed by atoms with Crippen molar-refractivity contribution in [3.05, 3.63) is 12.3 Å². The van der Waals surface area contributed by atoms with Crippen molar-refractivity contribution in [1.29, 1.82) is 0 Å². The summed E-state index contributed by atoms with van der Waals surface area (Å²) in [5, 5.41) is 3.36. The third-order valence-electron chi connectivity index (χ3n) is 3.27. The van der Waals surface area contributed by atoms with Crippen LogP contribution in [0.15, 0.2) is 12.3 Å². The summed E-state index contributed by atoms with van der Waals surface area (Å²) in [5.74, 6) is 1.77. The van der Waals surface area contributed by atoms with Gasteiger partial charge in [0, 0.05) is 19.3 Å². The molecule has 0 amide bonds. The van der Waals surface area contributed by atoms with Crippen molar-refractivity contribution in [2.24, 2.45) is 0 Å². The average Bonchev–Trinajstić information content (AvgIpc) is 2.35. The van der Waals surface area contributed by atoms with Crippen LogP contribution in [0, 0.1) is 0 Å². The van der Waals surface area contributed by atoms with E-state index in [4.69, 9.17) is 4.74 Å². The highest BCUT2D eigenvalue weighted by Crippen LogP contribution is 2.17. The first kappa shape index (κ1) is 10.8. The molecule has 0 aromatic carbocycles. The Morgan fingerprint density at radius 1 is 1.24 bits per heavy atom. The van der Waals surface area contributed by atoms with E-state index in [1.54, 1.807) is 0 Å². The second-order valence-corrected chi connectivity index (χ2v) is 4.67. The van der Waals surface area contributed by atoms with E-state index in [9.17, 15) is 0 Å². The summed E-state index contributed by atoms with van der Waals surface area (Å²) in [6.07, 6.45) is 5.65. The lowest BCUT2D eigenvalue weighted by Gasteiger charge is -2.29. The summed E-state index contributed by atoms with van der Waals surface area (Å²) in [5.41, 5.74) is 0. The predicted octanol–water partition coefficient (Wildman–Crippen LogP) is 1.28. The number of ether oxygens (including phenoxy) is 1. The summed E-state index contributed by atoms with van der Waals surface area (Å²) in [6.45, 7) is 3.72. The van der Waals surface area contributed by atoms with E-state index in [0.717, 1.165) is 38.1 Å². The molecule has 0 radical (unpaired) electrons. The first-order valence-corrected chi connectivity index (χ1v) is 6.34. The highest BCUT2D eigenvalue weighted by molar-refractivity contribution is 5.42. The van der Waals surface area contributed by atoms with Gasteiger partial charge < -0.3 is 15.0 Å². The minimum atomic E-state index is 0.416. The molecule has 5 heteroatoms. The van der Waals surface area contributed by atoms with Gasteiger partial charge in [-0.1, -0.05) is 0 Å². The van der Waals surface area contributed by atoms with Crippen LogP contribution in [0.4, 0.5) is 11.8 Å². The van der Waals surface area contributed by atoms with Crippen molar-refractivity contribution in [3.8, 4) is 0 Å². The minimum absolute atomic E-state index is 0.416. The Balaban J connectivity index is 1.68. The summed E-state index contributed by atoms with van der Waals surface area (Å²) >= 11 is 0. The van der Waals surface area contributed by atoms with Crippen molar-refractivity contribution in [3.63, 3.8) is 0 Å². The van der Waals surface area contributed by atoms with Gasteiger partial charge >= 0.3 is 0 Å². The van der Waals surface area contributed by atoms with Gasteiger partial charge in [-0.05, 0) is 25.3 Å². The van der Waals surface area contributed by atoms with E-state index in [1.165, 1.54) is 19.3 Å². The van der Waals surface area contributed by atoms with E-state index >= 15 is 0 Å². The Morgan fingerprint density at radius 3 is 2.76 bits per heavy atom. The standard InChI is InChI=1S/C12H18N4O/c1-2-6-16(7-3-1)12-13-5-4-11(15-12)14-10-8-17-9-10/h4-5,10H,1-3,6-9H2,(H,13,14,15). The van der Waals surface area contributed by atoms with Gasteiger partial charge in [-0.25, -0.2) is 4.98 Å². The molecule has 17 heavy (non-hydrogen) atoms. The van der Waals surface area contributed by atoms with Crippen molar-refractivity contribution < 1.29 is 4.74 Å². The lowest BCUT2D eigenvalue weighted by molar-refractivity contribution is 0.0209. The second-order valence-electron chi connectivity index (χ2n) is 4.67. The van der Waals surface area contributed by atoms with Crippen LogP contribution in [0.25, 0.3) is 0 Å². The van der Waals surface area contributed by atoms with Crippen LogP contribution in [0.3, 0.4) is 0 Å². The molecule has 3 heterocycles. The fraction of sp³-hybridized carbons (Fsp3) is 0.667. The van der Waals surface area contributed by atoms with E-state index in [1.807, 2.05) is 12.3 Å². The fourth-order valence-electron chi connectivity index (χ4n) is 2.20. The van der Waals surface area contributed by atoms with Gasteiger partial charge in [0.1, 0.15) is 5.82 Å². The van der Waals surface area contributed by atoms with Crippen molar-refractivity contribution in [2.45, 2.75) is 25.3 Å². The number of nitrogens with one attached hydrogen (secondary N) is 1. The molecular formula is C12H18N4O. The quantitative estimate of drug-likeness (QED) is 0.853. The Morgan fingerprint density at radius 2 is 2.06 bits per heavy atom. The van der Waals surface area contributed by atoms with Crippen LogP contribution in [-0.2, 0) is 4.74 Å². The van der Waals surface area contributed by atoms with Crippen LogP contribution in [-0.4, -0.2) is 42.3 Å². The van der Waals surface area contributed by atoms with Crippen LogP contribution >= 0.6 is 0 Å². The number of piperidine rings is 1. The van der Waals surface area contributed by atoms with Crippen LogP contribution in [0.1, 0.15) is 19.3 Å². The molecular weight excluding hydrogens is 216 g/mol. The third-order valence-corrected chi connectivity index (χ3v) is 3.27. The molecule has 2 aliphatic rings. The van der Waals surface area contributed by atoms with Gasteiger partial charge in [0.25, 0.3) is 0 Å². The van der Waals surface area contributed by atoms with E-state index < -0.39 is 0 Å². The first-order valence-electron chi connectivity index (χ1n) is 6.34. The van der Waals surface area contributed by atoms with Crippen LogP contribution in [0.2, 0.25) is 0 Å². The predicted molar refractivity (Wildman–Crippen MR) is 66.3 cm³/mol. The Kier molecular flexibility index (Phi) is 3.09. The largest absolute Gasteiger partial charge is 0.377 e. The van der Waals surface area contributed by atoms with Gasteiger partial charge in [-0.3, -0.25) is 0 Å². The molecule has 0 aliphatic carbocycles. The number of hydrogen-bond donors (Lipinski definition) is 1. The zero-order chi connectivity index (χ0) is 11.5. The van der Waals surface area contributed by atoms with Gasteiger partial charge in [-0.15, -0.1) is 0 Å². The summed E-state index contributed by atoms with van der Waals surface area (Å²) in [6, 6.07) is 2.34. The molecule has 0 bridgehead atoms. The molecule has 3 rings (SSSR count). The monoisotopic (exact) mass is 234 g/mol. The lowest BCUT2D eigenvalue weighted by atomic mass is 10.1. The molecule has 1 aromatic heterocycles. The smallest absolute Gasteiger partial charge is 0.227 e. The highest BCUT2D eigenvalue weighted by Gasteiger charge is 2.19. The van der Waals surface area contributed by atoms with Crippen LogP contribution < -0.4 is 10.2 Å². The van der Waals surface area contributed by atoms with Gasteiger partial charge in [0.2, 0.25) is 5.95 Å². The maximum atomic E-state index is 5.14. The second kappa shape index (κ2) is 4.87. The maximum absolute atomic E-state index is 5.14. The molecule has 5 nitrogen and oxygen atoms in total. The average molecular weight is 234 g/mol. The molecule has 2 aliphatic heterocycles. The molecule has 2 fully saturated rings. The van der Waals surface area contributed by atoms with Crippen LogP contribution in [0.5, 0.6) is 0 Å². The Bertz CT molecular complexity index is 375. The number of hydrogen-bond acceptors (Lipinski definition) is 5. The van der Waals surface area contributed by atoms with Gasteiger partial charge in [0.05, 0.1) is 19.3 Å². The summed E-state index contributed by atoms with van der Waals surface area (Å²) < 4.78 is 5.14. The topological polar surface area (TPSA) is 50.3 Å². The normalized spacial score (nSPS) is 21.1. The third kappa shape index (κ3) is 2.49. The zero-order valence-corrected chi connectivity index (χ0v) is 9.93. The number of nitrogens with zero attached hydrogens (tertiary/aromatic N) is 3. The first-order chi connectivity index (χ1) is 8.42. The van der Waals surface area contributed by atoms with E-state index in [0.29, 0.717) is 6.04 Å². The number of aromatic nitrogens is 2. The zero-order valence-electron chi connectivity index (χ0n) is 9.93.